The molecular weight excluding hydrogens is 1500 g/mol. The third kappa shape index (κ3) is 17.2. The average Bonchev–Trinajstić information content (AvgIpc) is 1.49. The number of phenols is 2. The first-order chi connectivity index (χ1) is 59.7. The first-order valence-corrected chi connectivity index (χ1v) is 44.6. The summed E-state index contributed by atoms with van der Waals surface area (Å²) < 4.78 is 27.6. The van der Waals surface area contributed by atoms with Gasteiger partial charge in [0.1, 0.15) is 11.5 Å². The lowest BCUT2D eigenvalue weighted by molar-refractivity contribution is 0.135. The van der Waals surface area contributed by atoms with E-state index in [0.29, 0.717) is 93.0 Å². The minimum atomic E-state index is 0.107. The molecule has 0 bridgehead atoms. The molecule has 4 atom stereocenters. The van der Waals surface area contributed by atoms with Crippen LogP contribution in [0.15, 0.2) is 249 Å². The van der Waals surface area contributed by atoms with Crippen molar-refractivity contribution in [1.29, 1.82) is 0 Å². The third-order valence-corrected chi connectivity index (χ3v) is 26.1. The number of methoxy groups -OCH3 is 3. The maximum atomic E-state index is 11.1. The molecule has 18 rings (SSSR count). The van der Waals surface area contributed by atoms with Crippen LogP contribution in [-0.4, -0.2) is 49.9 Å². The van der Waals surface area contributed by atoms with Crippen molar-refractivity contribution in [3.05, 3.63) is 343 Å². The lowest BCUT2D eigenvalue weighted by Gasteiger charge is -2.26. The highest BCUT2D eigenvalue weighted by molar-refractivity contribution is 6.11. The number of aromatic hydroxyl groups is 2. The fourth-order valence-corrected chi connectivity index (χ4v) is 20.4. The van der Waals surface area contributed by atoms with Crippen LogP contribution in [0.4, 0.5) is 0 Å². The Morgan fingerprint density at radius 3 is 1.06 bits per heavy atom. The van der Waals surface area contributed by atoms with E-state index in [2.05, 4.69) is 243 Å². The molecule has 0 heterocycles. The van der Waals surface area contributed by atoms with E-state index in [4.69, 9.17) is 23.7 Å². The van der Waals surface area contributed by atoms with Crippen LogP contribution in [0, 0.1) is 0 Å². The number of rotatable bonds is 24. The molecule has 0 saturated carbocycles. The van der Waals surface area contributed by atoms with Gasteiger partial charge in [0.05, 0.1) is 39.6 Å². The number of fused-ring (bicyclic) bond motifs is 6. The molecule has 2 aliphatic carbocycles. The zero-order valence-corrected chi connectivity index (χ0v) is 74.2. The topological polar surface area (TPSA) is 107 Å². The Morgan fingerprint density at radius 1 is 0.270 bits per heavy atom. The van der Waals surface area contributed by atoms with E-state index in [0.717, 1.165) is 71.2 Å². The molecule has 0 amide bonds. The van der Waals surface area contributed by atoms with Gasteiger partial charge in [0.2, 0.25) is 0 Å². The summed E-state index contributed by atoms with van der Waals surface area (Å²) >= 11 is 0. The molecule has 122 heavy (non-hydrogen) atoms. The summed E-state index contributed by atoms with van der Waals surface area (Å²) in [6, 6.07) is 88.4. The molecule has 0 fully saturated rings. The van der Waals surface area contributed by atoms with Gasteiger partial charge in [-0.25, -0.2) is 0 Å². The summed E-state index contributed by atoms with van der Waals surface area (Å²) in [6.07, 6.45) is 8.55. The van der Waals surface area contributed by atoms with E-state index in [1.807, 2.05) is 81.4 Å². The highest BCUT2D eigenvalue weighted by atomic mass is 16.5. The maximum Gasteiger partial charge on any atom is 0.129 e. The van der Waals surface area contributed by atoms with E-state index < -0.39 is 0 Å². The average molecular weight is 1620 g/mol. The van der Waals surface area contributed by atoms with Crippen LogP contribution < -0.4 is 0 Å². The molecule has 16 aromatic carbocycles. The van der Waals surface area contributed by atoms with Crippen molar-refractivity contribution in [2.45, 2.75) is 191 Å². The number of hydrogen-bond donors (Lipinski definition) is 3. The van der Waals surface area contributed by atoms with Gasteiger partial charge in [-0.2, -0.15) is 0 Å². The smallest absolute Gasteiger partial charge is 0.129 e. The minimum absolute atomic E-state index is 0.107. The number of phenolic OH excluding ortho intramolecular Hbond substituents is 2. The number of ether oxygens (including phenoxy) is 5. The summed E-state index contributed by atoms with van der Waals surface area (Å²) in [7, 11) is 5.12. The lowest BCUT2D eigenvalue weighted by Crippen LogP contribution is -2.10. The standard InChI is InChI=1S/C28H26O.C26H26O2.C24H22O3.C18H24O2.C18H24/c1-16-20-8-3-6-18-7-4-10-23(27(18)20)25(16)14-26-17(2)21-13-12-19(15-29)22-9-5-11-24(26)28(21)22;1-3-27-17-21-13-5-9-19-11-7-15-23(25(19)21)24-16-8-12-20-10-6-14-22(26(20)24)18-28-4-2;1-3-15-12-16-8-4-6-10-19(16)21(23(15)25)22-20-11-7-5-9-17(20)13-18(14-27-2)24(22)26;1-5-13-7-8-14(6-2)18-16(12-20-4)10-9-15(11-19-3)17(13)18;1-5-13-14(6-2)16(8-4)18-12-10-9-11-17(18)15(13)7-3/h3-13,16-17,25-26,29H,14-15H2,1-2H3;5-16H,3-4,17-18H2,1-2H3;4-13,25-26H,3,14H2,1-2H3;7-10H,5-6,11-12H2,1-4H3;9-12H,5-8H2,1-4H3. The van der Waals surface area contributed by atoms with E-state index in [1.165, 1.54) is 138 Å². The molecule has 0 saturated heterocycles. The maximum absolute atomic E-state index is 11.1. The van der Waals surface area contributed by atoms with Crippen molar-refractivity contribution in [2.75, 3.05) is 34.5 Å². The predicted octanol–water partition coefficient (Wildman–Crippen LogP) is 28.8. The second kappa shape index (κ2) is 40.3. The Kier molecular flexibility index (Phi) is 28.8. The zero-order valence-electron chi connectivity index (χ0n) is 74.2. The molecule has 2 aliphatic rings. The van der Waals surface area contributed by atoms with Crippen LogP contribution in [-0.2, 0) is 108 Å². The van der Waals surface area contributed by atoms with Crippen LogP contribution in [0.2, 0.25) is 0 Å². The monoisotopic (exact) mass is 1620 g/mol. The Labute approximate surface area is 723 Å². The van der Waals surface area contributed by atoms with Crippen molar-refractivity contribution in [1.82, 2.24) is 0 Å². The summed E-state index contributed by atoms with van der Waals surface area (Å²) in [4.78, 5) is 0. The van der Waals surface area contributed by atoms with E-state index in [1.54, 1.807) is 43.6 Å². The number of aryl methyl sites for hydroxylation is 5. The Morgan fingerprint density at radius 2 is 0.615 bits per heavy atom. The number of aliphatic hydroxyl groups is 1. The molecule has 8 heteroatoms. The SMILES string of the molecule is CC1c2cccc3cccc(c23)C1CC1c2cccc3c(CO)ccc(c23)C1C.CCOCc1cccc2cccc(-c3cccc4cccc(COCC)c34)c12.CCc1c(CC)c(CC)c2ccccc2c1CC.CCc1cc2ccccc2c(-c2c(O)c(COC)cc3ccccc23)c1O.CCc1ccc(CC)c2c(COC)ccc(COC)c12. The van der Waals surface area contributed by atoms with Gasteiger partial charge in [0.25, 0.3) is 0 Å². The summed E-state index contributed by atoms with van der Waals surface area (Å²) in [5.74, 6) is 2.54. The van der Waals surface area contributed by atoms with Gasteiger partial charge in [0, 0.05) is 51.2 Å². The fourth-order valence-electron chi connectivity index (χ4n) is 20.4. The van der Waals surface area contributed by atoms with E-state index in [-0.39, 0.29) is 18.1 Å². The summed E-state index contributed by atoms with van der Waals surface area (Å²) in [5.41, 5.74) is 26.6. The highest BCUT2D eigenvalue weighted by Crippen LogP contribution is 2.57. The number of hydrogen-bond acceptors (Lipinski definition) is 8. The van der Waals surface area contributed by atoms with Crippen molar-refractivity contribution in [2.24, 2.45) is 0 Å². The Hall–Kier alpha value is -11.0. The molecule has 8 nitrogen and oxygen atoms in total. The minimum Gasteiger partial charge on any atom is -0.507 e. The zero-order chi connectivity index (χ0) is 85.7. The fraction of sp³-hybridized carbons (Fsp3) is 0.298. The summed E-state index contributed by atoms with van der Waals surface area (Å²) in [5, 5.41) is 52.2. The van der Waals surface area contributed by atoms with Gasteiger partial charge in [-0.15, -0.1) is 0 Å². The molecule has 0 spiro atoms. The van der Waals surface area contributed by atoms with Crippen molar-refractivity contribution in [3.8, 4) is 33.8 Å². The molecule has 16 aromatic rings. The first kappa shape index (κ1) is 87.3. The molecule has 0 aromatic heterocycles. The van der Waals surface area contributed by atoms with Gasteiger partial charge >= 0.3 is 0 Å². The quantitative estimate of drug-likeness (QED) is 0.0549. The highest BCUT2D eigenvalue weighted by Gasteiger charge is 2.39. The van der Waals surface area contributed by atoms with Gasteiger partial charge < -0.3 is 39.0 Å². The first-order valence-electron chi connectivity index (χ1n) is 44.6. The second-order valence-electron chi connectivity index (χ2n) is 32.7. The van der Waals surface area contributed by atoms with Gasteiger partial charge in [-0.05, 0) is 287 Å². The normalized spacial score (nSPS) is 14.5. The largest absolute Gasteiger partial charge is 0.507 e. The molecule has 4 unspecified atom stereocenters. The summed E-state index contributed by atoms with van der Waals surface area (Å²) in [6.45, 7) is 28.9. The van der Waals surface area contributed by atoms with E-state index in [9.17, 15) is 15.3 Å². The van der Waals surface area contributed by atoms with Crippen LogP contribution in [0.1, 0.15) is 201 Å². The van der Waals surface area contributed by atoms with Crippen molar-refractivity contribution >= 4 is 86.2 Å². The molecule has 0 aliphatic heterocycles. The molecule has 626 valence electrons. The van der Waals surface area contributed by atoms with Crippen LogP contribution in [0.5, 0.6) is 11.5 Å². The van der Waals surface area contributed by atoms with Gasteiger partial charge in [0.15, 0.2) is 0 Å². The lowest BCUT2D eigenvalue weighted by atomic mass is 9.78. The predicted molar refractivity (Wildman–Crippen MR) is 514 cm³/mol. The van der Waals surface area contributed by atoms with Crippen LogP contribution in [0.25, 0.3) is 108 Å². The number of aliphatic hydroxyl groups excluding tert-OH is 1. The van der Waals surface area contributed by atoms with Gasteiger partial charge in [-0.3, -0.25) is 0 Å². The molecular formula is C114H122O8. The Bertz CT molecular complexity index is 6200. The second-order valence-corrected chi connectivity index (χ2v) is 32.7. The van der Waals surface area contributed by atoms with Crippen molar-refractivity contribution < 1.29 is 39.0 Å². The van der Waals surface area contributed by atoms with E-state index >= 15 is 0 Å². The van der Waals surface area contributed by atoms with Crippen LogP contribution >= 0.6 is 0 Å². The van der Waals surface area contributed by atoms with Crippen LogP contribution in [0.3, 0.4) is 0 Å². The molecule has 0 radical (unpaired) electrons. The van der Waals surface area contributed by atoms with Crippen molar-refractivity contribution in [3.63, 3.8) is 0 Å². The third-order valence-electron chi connectivity index (χ3n) is 26.1. The molecule has 3 N–H and O–H groups in total. The number of benzene rings is 16. The van der Waals surface area contributed by atoms with Gasteiger partial charge in [-0.1, -0.05) is 299 Å². The Balaban J connectivity index is 0.000000126.